The van der Waals surface area contributed by atoms with Crippen LogP contribution in [0.5, 0.6) is 0 Å². The molecule has 0 unspecified atom stereocenters. The Kier molecular flexibility index (Phi) is 4.93. The highest BCUT2D eigenvalue weighted by Gasteiger charge is 2.16. The number of rotatable bonds is 5. The van der Waals surface area contributed by atoms with Gasteiger partial charge in [-0.3, -0.25) is 30.6 Å². The molecular weight excluding hydrogens is 336 g/mol. The monoisotopic (exact) mass is 352 g/mol. The number of para-hydroxylation sites is 2. The molecule has 0 saturated heterocycles. The molecule has 1 heterocycles. The summed E-state index contributed by atoms with van der Waals surface area (Å²) in [5, 5.41) is 11.9. The van der Waals surface area contributed by atoms with E-state index in [9.17, 15) is 19.7 Å². The maximum atomic E-state index is 12.0. The van der Waals surface area contributed by atoms with Crippen LogP contribution >= 0.6 is 0 Å². The van der Waals surface area contributed by atoms with Gasteiger partial charge in [0.2, 0.25) is 11.8 Å². The van der Waals surface area contributed by atoms with E-state index >= 15 is 0 Å². The molecular formula is C18H16N4O4. The molecule has 0 saturated carbocycles. The second-order valence-electron chi connectivity index (χ2n) is 5.70. The van der Waals surface area contributed by atoms with Gasteiger partial charge in [0.1, 0.15) is 0 Å². The van der Waals surface area contributed by atoms with Crippen molar-refractivity contribution >= 4 is 28.4 Å². The van der Waals surface area contributed by atoms with E-state index in [1.807, 2.05) is 24.3 Å². The number of fused-ring (bicyclic) bond motifs is 1. The number of nitrogens with zero attached hydrogens (tertiary/aromatic N) is 1. The van der Waals surface area contributed by atoms with Crippen LogP contribution < -0.4 is 10.9 Å². The Bertz CT molecular complexity index is 980. The number of carbonyl (C=O) groups is 2. The van der Waals surface area contributed by atoms with Crippen molar-refractivity contribution in [1.82, 2.24) is 15.8 Å². The lowest BCUT2D eigenvalue weighted by Gasteiger charge is -2.07. The zero-order valence-corrected chi connectivity index (χ0v) is 13.7. The van der Waals surface area contributed by atoms with Crippen molar-refractivity contribution in [2.75, 3.05) is 0 Å². The highest BCUT2D eigenvalue weighted by atomic mass is 16.6. The zero-order valence-electron chi connectivity index (χ0n) is 13.7. The highest BCUT2D eigenvalue weighted by Crippen LogP contribution is 2.18. The van der Waals surface area contributed by atoms with Crippen LogP contribution in [0.25, 0.3) is 10.9 Å². The van der Waals surface area contributed by atoms with E-state index < -0.39 is 10.8 Å². The fraction of sp³-hybridized carbons (Fsp3) is 0.111. The summed E-state index contributed by atoms with van der Waals surface area (Å²) in [5.41, 5.74) is 6.50. The number of benzene rings is 2. The van der Waals surface area contributed by atoms with Gasteiger partial charge >= 0.3 is 0 Å². The average molecular weight is 352 g/mol. The van der Waals surface area contributed by atoms with Gasteiger partial charge in [-0.25, -0.2) is 0 Å². The average Bonchev–Trinajstić information content (AvgIpc) is 3.03. The number of nitrogens with one attached hydrogen (secondary N) is 3. The summed E-state index contributed by atoms with van der Waals surface area (Å²) in [6, 6.07) is 13.6. The molecule has 8 nitrogen and oxygen atoms in total. The van der Waals surface area contributed by atoms with Gasteiger partial charge in [0, 0.05) is 28.7 Å². The van der Waals surface area contributed by atoms with Crippen molar-refractivity contribution in [3.63, 3.8) is 0 Å². The summed E-state index contributed by atoms with van der Waals surface area (Å²) in [6.45, 7) is 0. The Morgan fingerprint density at radius 2 is 1.54 bits per heavy atom. The number of hydrogen-bond acceptors (Lipinski definition) is 4. The van der Waals surface area contributed by atoms with E-state index in [0.717, 1.165) is 16.5 Å². The van der Waals surface area contributed by atoms with Gasteiger partial charge < -0.3 is 4.98 Å². The fourth-order valence-corrected chi connectivity index (χ4v) is 2.69. The lowest BCUT2D eigenvalue weighted by atomic mass is 10.1. The molecule has 1 aromatic heterocycles. The first-order valence-electron chi connectivity index (χ1n) is 7.89. The second kappa shape index (κ2) is 7.47. The smallest absolute Gasteiger partial charge is 0.273 e. The van der Waals surface area contributed by atoms with E-state index in [4.69, 9.17) is 0 Å². The number of amides is 2. The maximum Gasteiger partial charge on any atom is 0.273 e. The normalized spacial score (nSPS) is 10.5. The fourth-order valence-electron chi connectivity index (χ4n) is 2.69. The van der Waals surface area contributed by atoms with Gasteiger partial charge in [-0.15, -0.1) is 0 Å². The Balaban J connectivity index is 1.56. The van der Waals surface area contributed by atoms with Crippen LogP contribution in [-0.4, -0.2) is 21.7 Å². The predicted molar refractivity (Wildman–Crippen MR) is 95.1 cm³/mol. The zero-order chi connectivity index (χ0) is 18.5. The molecule has 26 heavy (non-hydrogen) atoms. The molecule has 0 aliphatic heterocycles. The first-order valence-corrected chi connectivity index (χ1v) is 7.89. The molecule has 0 atom stereocenters. The summed E-state index contributed by atoms with van der Waals surface area (Å²) >= 11 is 0. The largest absolute Gasteiger partial charge is 0.361 e. The van der Waals surface area contributed by atoms with Gasteiger partial charge in [0.15, 0.2) is 0 Å². The molecule has 3 rings (SSSR count). The first kappa shape index (κ1) is 17.2. The van der Waals surface area contributed by atoms with Crippen molar-refractivity contribution in [2.45, 2.75) is 12.8 Å². The Labute approximate surface area is 148 Å². The molecule has 3 aromatic rings. The Morgan fingerprint density at radius 3 is 2.27 bits per heavy atom. The van der Waals surface area contributed by atoms with Gasteiger partial charge in [0.25, 0.3) is 5.69 Å². The molecule has 2 amide bonds. The molecule has 3 N–H and O–H groups in total. The van der Waals surface area contributed by atoms with Crippen LogP contribution in [-0.2, 0) is 22.4 Å². The van der Waals surface area contributed by atoms with E-state index in [2.05, 4.69) is 15.8 Å². The standard InChI is InChI=1S/C18H16N4O4/c23-17(9-12-5-1-4-8-16(12)22(25)26)20-21-18(24)10-13-11-19-15-7-3-2-6-14(13)15/h1-8,11,19H,9-10H2,(H,20,23)(H,21,24). The van der Waals surface area contributed by atoms with Gasteiger partial charge in [-0.05, 0) is 11.6 Å². The van der Waals surface area contributed by atoms with E-state index in [1.54, 1.807) is 12.3 Å². The van der Waals surface area contributed by atoms with Crippen molar-refractivity contribution in [2.24, 2.45) is 0 Å². The molecule has 0 fully saturated rings. The summed E-state index contributed by atoms with van der Waals surface area (Å²) in [4.78, 5) is 37.5. The predicted octanol–water partition coefficient (Wildman–Crippen LogP) is 2.01. The quantitative estimate of drug-likeness (QED) is 0.481. The molecule has 0 bridgehead atoms. The molecule has 132 valence electrons. The lowest BCUT2D eigenvalue weighted by molar-refractivity contribution is -0.385. The van der Waals surface area contributed by atoms with Gasteiger partial charge in [0.05, 0.1) is 17.8 Å². The number of nitro groups is 1. The topological polar surface area (TPSA) is 117 Å². The third-order valence-corrected chi connectivity index (χ3v) is 3.91. The van der Waals surface area contributed by atoms with Crippen LogP contribution in [0.4, 0.5) is 5.69 Å². The van der Waals surface area contributed by atoms with Crippen LogP contribution in [0.2, 0.25) is 0 Å². The van der Waals surface area contributed by atoms with Crippen molar-refractivity contribution in [1.29, 1.82) is 0 Å². The summed E-state index contributed by atoms with van der Waals surface area (Å²) in [7, 11) is 0. The third-order valence-electron chi connectivity index (χ3n) is 3.91. The summed E-state index contributed by atoms with van der Waals surface area (Å²) in [5.74, 6) is -0.919. The number of H-pyrrole nitrogens is 1. The minimum atomic E-state index is -0.543. The number of nitro benzene ring substituents is 1. The van der Waals surface area contributed by atoms with Gasteiger partial charge in [-0.2, -0.15) is 0 Å². The number of carbonyl (C=O) groups excluding carboxylic acids is 2. The minimum Gasteiger partial charge on any atom is -0.361 e. The maximum absolute atomic E-state index is 12.0. The van der Waals surface area contributed by atoms with Crippen LogP contribution in [0.3, 0.4) is 0 Å². The van der Waals surface area contributed by atoms with Crippen molar-refractivity contribution in [3.05, 3.63) is 76.0 Å². The van der Waals surface area contributed by atoms with E-state index in [0.29, 0.717) is 0 Å². The molecule has 0 spiro atoms. The first-order chi connectivity index (χ1) is 12.5. The molecule has 0 aliphatic rings. The number of aromatic nitrogens is 1. The molecule has 8 heteroatoms. The van der Waals surface area contributed by atoms with Crippen LogP contribution in [0.1, 0.15) is 11.1 Å². The highest BCUT2D eigenvalue weighted by molar-refractivity contribution is 5.90. The van der Waals surface area contributed by atoms with Crippen LogP contribution in [0.15, 0.2) is 54.7 Å². The summed E-state index contributed by atoms with van der Waals surface area (Å²) < 4.78 is 0. The lowest BCUT2D eigenvalue weighted by Crippen LogP contribution is -2.43. The van der Waals surface area contributed by atoms with Crippen molar-refractivity contribution in [3.8, 4) is 0 Å². The minimum absolute atomic E-state index is 0.0930. The number of hydrogen-bond donors (Lipinski definition) is 3. The SMILES string of the molecule is O=C(Cc1ccccc1[N+](=O)[O-])NNC(=O)Cc1c[nH]c2ccccc12. The van der Waals surface area contributed by atoms with Crippen molar-refractivity contribution < 1.29 is 14.5 Å². The van der Waals surface area contributed by atoms with E-state index in [1.165, 1.54) is 18.2 Å². The molecule has 0 radical (unpaired) electrons. The molecule has 0 aliphatic carbocycles. The Hall–Kier alpha value is -3.68. The second-order valence-corrected chi connectivity index (χ2v) is 5.70. The molecule has 2 aromatic carbocycles. The number of aromatic amines is 1. The third kappa shape index (κ3) is 3.86. The van der Waals surface area contributed by atoms with E-state index in [-0.39, 0.29) is 30.0 Å². The van der Waals surface area contributed by atoms with Gasteiger partial charge in [-0.1, -0.05) is 36.4 Å². The van der Waals surface area contributed by atoms with Crippen LogP contribution in [0, 0.1) is 10.1 Å². The Morgan fingerprint density at radius 1 is 0.923 bits per heavy atom. The summed E-state index contributed by atoms with van der Waals surface area (Å²) in [6.07, 6.45) is 1.64. The number of hydrazine groups is 1.